The summed E-state index contributed by atoms with van der Waals surface area (Å²) in [7, 11) is 9.02. The lowest BCUT2D eigenvalue weighted by atomic mass is 10.0. The molecule has 0 bridgehead atoms. The van der Waals surface area contributed by atoms with E-state index in [9.17, 15) is 9.59 Å². The van der Waals surface area contributed by atoms with Crippen LogP contribution in [0.15, 0.2) is 12.1 Å². The summed E-state index contributed by atoms with van der Waals surface area (Å²) in [6, 6.07) is 2.76. The Hall–Kier alpha value is -1.42. The fourth-order valence-corrected chi connectivity index (χ4v) is 2.74. The van der Waals surface area contributed by atoms with E-state index in [0.717, 1.165) is 0 Å². The molecule has 10 heteroatoms. The highest BCUT2D eigenvalue weighted by molar-refractivity contribution is 6.42. The van der Waals surface area contributed by atoms with Gasteiger partial charge in [-0.2, -0.15) is 0 Å². The van der Waals surface area contributed by atoms with Gasteiger partial charge in [-0.05, 0) is 12.1 Å². The molecule has 0 aliphatic carbocycles. The number of carbonyl (C=O) groups is 2. The van der Waals surface area contributed by atoms with Crippen LogP contribution in [0.5, 0.6) is 0 Å². The minimum Gasteiger partial charge on any atom is -0.354 e. The van der Waals surface area contributed by atoms with Crippen LogP contribution >= 0.6 is 23.2 Å². The quantitative estimate of drug-likeness (QED) is 0.524. The molecule has 28 heavy (non-hydrogen) atoms. The molecule has 1 aromatic rings. The largest absolute Gasteiger partial charge is 0.354 e. The first-order valence-electron chi connectivity index (χ1n) is 8.31. The summed E-state index contributed by atoms with van der Waals surface area (Å²) in [4.78, 5) is 28.7. The highest BCUT2D eigenvalue weighted by Gasteiger charge is 2.26. The zero-order valence-corrected chi connectivity index (χ0v) is 18.3. The fourth-order valence-electron chi connectivity index (χ4n) is 2.42. The van der Waals surface area contributed by atoms with Crippen molar-refractivity contribution in [3.05, 3.63) is 33.3 Å². The molecule has 0 fully saturated rings. The van der Waals surface area contributed by atoms with Crippen LogP contribution in [-0.4, -0.2) is 89.8 Å². The molecule has 8 nitrogen and oxygen atoms in total. The van der Waals surface area contributed by atoms with Gasteiger partial charge in [0.2, 0.25) is 0 Å². The maximum absolute atomic E-state index is 13.0. The van der Waals surface area contributed by atoms with Crippen molar-refractivity contribution in [2.75, 3.05) is 55.6 Å². The van der Waals surface area contributed by atoms with Crippen molar-refractivity contribution in [2.45, 2.75) is 12.6 Å². The van der Waals surface area contributed by atoms with Crippen LogP contribution in [0.2, 0.25) is 10.0 Å². The Balaban J connectivity index is 3.21. The molecule has 0 heterocycles. The lowest BCUT2D eigenvalue weighted by Crippen LogP contribution is -2.39. The average molecular weight is 437 g/mol. The number of hydrogen-bond donors (Lipinski definition) is 0. The van der Waals surface area contributed by atoms with Crippen molar-refractivity contribution >= 4 is 35.0 Å². The van der Waals surface area contributed by atoms with Gasteiger partial charge in [0.15, 0.2) is 12.6 Å². The Morgan fingerprint density at radius 2 is 1.07 bits per heavy atom. The summed E-state index contributed by atoms with van der Waals surface area (Å²) in [5, 5.41) is 0.332. The van der Waals surface area contributed by atoms with E-state index in [4.69, 9.17) is 42.1 Å². The first-order valence-corrected chi connectivity index (χ1v) is 9.06. The van der Waals surface area contributed by atoms with Crippen LogP contribution in [0.1, 0.15) is 20.7 Å². The molecular weight excluding hydrogens is 411 g/mol. The Labute approximate surface area is 175 Å². The van der Waals surface area contributed by atoms with E-state index in [0.29, 0.717) is 0 Å². The summed E-state index contributed by atoms with van der Waals surface area (Å²) in [6.45, 7) is 0.315. The minimum absolute atomic E-state index is 0.117. The van der Waals surface area contributed by atoms with Crippen LogP contribution < -0.4 is 0 Å². The third-order valence-corrected chi connectivity index (χ3v) is 4.83. The second-order valence-corrected chi connectivity index (χ2v) is 6.80. The van der Waals surface area contributed by atoms with Gasteiger partial charge in [-0.3, -0.25) is 9.59 Å². The maximum Gasteiger partial charge on any atom is 0.254 e. The Morgan fingerprint density at radius 3 is 1.32 bits per heavy atom. The monoisotopic (exact) mass is 436 g/mol. The van der Waals surface area contributed by atoms with Gasteiger partial charge >= 0.3 is 0 Å². The number of methoxy groups -OCH3 is 4. The summed E-state index contributed by atoms with van der Waals surface area (Å²) in [5.74, 6) is -0.853. The molecule has 0 N–H and O–H groups in total. The zero-order chi connectivity index (χ0) is 21.4. The third kappa shape index (κ3) is 6.30. The zero-order valence-electron chi connectivity index (χ0n) is 16.8. The van der Waals surface area contributed by atoms with Gasteiger partial charge in [-0.1, -0.05) is 23.2 Å². The molecular formula is C18H26Cl2N2O6. The van der Waals surface area contributed by atoms with Crippen LogP contribution in [0, 0.1) is 0 Å². The van der Waals surface area contributed by atoms with Crippen molar-refractivity contribution in [1.29, 1.82) is 0 Å². The highest BCUT2D eigenvalue weighted by atomic mass is 35.5. The summed E-state index contributed by atoms with van der Waals surface area (Å²) in [5.41, 5.74) is 0.233. The number of rotatable bonds is 10. The number of halogens is 2. The van der Waals surface area contributed by atoms with Gasteiger partial charge < -0.3 is 28.7 Å². The van der Waals surface area contributed by atoms with Crippen LogP contribution in [-0.2, 0) is 18.9 Å². The van der Waals surface area contributed by atoms with Crippen molar-refractivity contribution in [1.82, 2.24) is 9.80 Å². The molecule has 158 valence electrons. The molecule has 1 rings (SSSR count). The van der Waals surface area contributed by atoms with Gasteiger partial charge in [-0.15, -0.1) is 0 Å². The van der Waals surface area contributed by atoms with Crippen molar-refractivity contribution in [3.63, 3.8) is 0 Å². The maximum atomic E-state index is 13.0. The van der Waals surface area contributed by atoms with E-state index in [2.05, 4.69) is 0 Å². The second-order valence-electron chi connectivity index (χ2n) is 5.99. The summed E-state index contributed by atoms with van der Waals surface area (Å²) >= 11 is 12.2. The third-order valence-electron chi connectivity index (χ3n) is 4.11. The molecule has 0 spiro atoms. The fraction of sp³-hybridized carbons (Fsp3) is 0.556. The van der Waals surface area contributed by atoms with Gasteiger partial charge in [0.05, 0.1) is 34.3 Å². The number of hydrogen-bond acceptors (Lipinski definition) is 6. The lowest BCUT2D eigenvalue weighted by molar-refractivity contribution is -0.110. The van der Waals surface area contributed by atoms with Gasteiger partial charge in [-0.25, -0.2) is 0 Å². The van der Waals surface area contributed by atoms with E-state index < -0.39 is 24.4 Å². The molecule has 0 unspecified atom stereocenters. The van der Waals surface area contributed by atoms with E-state index in [1.807, 2.05) is 0 Å². The SMILES string of the molecule is COC(CN(C)C(=O)c1cc(Cl)c(Cl)cc1C(=O)N(C)CC(OC)OC)OC. The second kappa shape index (κ2) is 11.5. The molecule has 1 aromatic carbocycles. The topological polar surface area (TPSA) is 77.5 Å². The van der Waals surface area contributed by atoms with E-state index in [-0.39, 0.29) is 34.3 Å². The normalized spacial score (nSPS) is 11.2. The molecule has 0 radical (unpaired) electrons. The summed E-state index contributed by atoms with van der Waals surface area (Å²) < 4.78 is 20.5. The van der Waals surface area contributed by atoms with Crippen molar-refractivity contribution in [3.8, 4) is 0 Å². The highest BCUT2D eigenvalue weighted by Crippen LogP contribution is 2.27. The standard InChI is InChI=1S/C18H26Cl2N2O6/c1-21(9-15(25-3)26-4)17(23)11-7-13(19)14(20)8-12(11)18(24)22(2)10-16(27-5)28-6/h7-8,15-16H,9-10H2,1-6H3. The van der Waals surface area contributed by atoms with Gasteiger partial charge in [0, 0.05) is 42.5 Å². The smallest absolute Gasteiger partial charge is 0.254 e. The molecule has 0 aliphatic heterocycles. The molecule has 0 atom stereocenters. The molecule has 0 saturated carbocycles. The number of ether oxygens (including phenoxy) is 4. The van der Waals surface area contributed by atoms with E-state index >= 15 is 0 Å². The Morgan fingerprint density at radius 1 is 0.786 bits per heavy atom. The molecule has 2 amide bonds. The molecule has 0 saturated heterocycles. The predicted molar refractivity (Wildman–Crippen MR) is 106 cm³/mol. The van der Waals surface area contributed by atoms with Crippen LogP contribution in [0.4, 0.5) is 0 Å². The van der Waals surface area contributed by atoms with Crippen molar-refractivity contribution < 1.29 is 28.5 Å². The number of likely N-dealkylation sites (N-methyl/N-ethyl adjacent to an activating group) is 2. The van der Waals surface area contributed by atoms with Gasteiger partial charge in [0.1, 0.15) is 0 Å². The minimum atomic E-state index is -0.609. The average Bonchev–Trinajstić information content (AvgIpc) is 2.70. The molecule has 0 aromatic heterocycles. The van der Waals surface area contributed by atoms with E-state index in [1.165, 1.54) is 50.4 Å². The van der Waals surface area contributed by atoms with Crippen LogP contribution in [0.3, 0.4) is 0 Å². The number of benzene rings is 1. The van der Waals surface area contributed by atoms with Crippen LogP contribution in [0.25, 0.3) is 0 Å². The predicted octanol–water partition coefficient (Wildman–Crippen LogP) is 2.38. The van der Waals surface area contributed by atoms with Crippen molar-refractivity contribution in [2.24, 2.45) is 0 Å². The number of amides is 2. The molecule has 0 aliphatic rings. The Kier molecular flexibility index (Phi) is 10.2. The number of nitrogens with zero attached hydrogens (tertiary/aromatic N) is 2. The number of carbonyl (C=O) groups excluding carboxylic acids is 2. The first kappa shape index (κ1) is 24.6. The summed E-state index contributed by atoms with van der Waals surface area (Å²) in [6.07, 6.45) is -1.22. The lowest BCUT2D eigenvalue weighted by Gasteiger charge is -2.25. The van der Waals surface area contributed by atoms with E-state index in [1.54, 1.807) is 14.1 Å². The first-order chi connectivity index (χ1) is 13.2. The van der Waals surface area contributed by atoms with Gasteiger partial charge in [0.25, 0.3) is 11.8 Å². The Bertz CT molecular complexity index is 623.